The molecule has 2 aromatic rings. The fourth-order valence-electron chi connectivity index (χ4n) is 3.12. The summed E-state index contributed by atoms with van der Waals surface area (Å²) in [5, 5.41) is 14.3. The largest absolute Gasteiger partial charge is 0.383 e. The first-order valence-electron chi connectivity index (χ1n) is 7.99. The molecule has 2 heterocycles. The van der Waals surface area contributed by atoms with Gasteiger partial charge in [0.05, 0.1) is 15.8 Å². The molecular formula is C18H20ClNO3S. The molecule has 1 amide bonds. The SMILES string of the molecule is O=C(NC[C@@](O)(c1ccccc1)C1CCOCC1)c1ccc(Cl)s1. The lowest BCUT2D eigenvalue weighted by Crippen LogP contribution is -2.47. The molecular weight excluding hydrogens is 346 g/mol. The average molecular weight is 366 g/mol. The third-order valence-electron chi connectivity index (χ3n) is 4.49. The molecule has 4 nitrogen and oxygen atoms in total. The maximum atomic E-state index is 12.3. The Labute approximate surface area is 150 Å². The molecule has 24 heavy (non-hydrogen) atoms. The summed E-state index contributed by atoms with van der Waals surface area (Å²) in [7, 11) is 0. The molecule has 1 aliphatic heterocycles. The van der Waals surface area contributed by atoms with Crippen LogP contribution in [-0.2, 0) is 10.3 Å². The van der Waals surface area contributed by atoms with Gasteiger partial charge in [-0.15, -0.1) is 11.3 Å². The number of ether oxygens (including phenoxy) is 1. The van der Waals surface area contributed by atoms with Crippen molar-refractivity contribution in [1.29, 1.82) is 0 Å². The average Bonchev–Trinajstić information content (AvgIpc) is 3.07. The van der Waals surface area contributed by atoms with Gasteiger partial charge in [-0.1, -0.05) is 41.9 Å². The highest BCUT2D eigenvalue weighted by Gasteiger charge is 2.39. The number of halogens is 1. The van der Waals surface area contributed by atoms with Gasteiger partial charge < -0.3 is 15.2 Å². The maximum absolute atomic E-state index is 12.3. The minimum atomic E-state index is -1.11. The second-order valence-electron chi connectivity index (χ2n) is 5.96. The minimum absolute atomic E-state index is 0.0425. The van der Waals surface area contributed by atoms with Gasteiger partial charge in [-0.05, 0) is 36.5 Å². The summed E-state index contributed by atoms with van der Waals surface area (Å²) >= 11 is 7.12. The standard InChI is InChI=1S/C18H20ClNO3S/c19-16-7-6-15(24-16)17(21)20-12-18(22,13-4-2-1-3-5-13)14-8-10-23-11-9-14/h1-7,14,22H,8-12H2,(H,20,21)/t18-/m1/s1. The Morgan fingerprint density at radius 1 is 1.25 bits per heavy atom. The van der Waals surface area contributed by atoms with E-state index < -0.39 is 5.60 Å². The van der Waals surface area contributed by atoms with Gasteiger partial charge in [0.25, 0.3) is 5.91 Å². The molecule has 3 rings (SSSR count). The number of amides is 1. The molecule has 1 saturated heterocycles. The summed E-state index contributed by atoms with van der Waals surface area (Å²) in [6.45, 7) is 1.43. The Balaban J connectivity index is 1.78. The first-order chi connectivity index (χ1) is 11.6. The molecule has 1 aliphatic rings. The zero-order valence-corrected chi connectivity index (χ0v) is 14.8. The van der Waals surface area contributed by atoms with Gasteiger partial charge in [-0.25, -0.2) is 0 Å². The first-order valence-corrected chi connectivity index (χ1v) is 9.18. The van der Waals surface area contributed by atoms with E-state index in [0.29, 0.717) is 22.4 Å². The summed E-state index contributed by atoms with van der Waals surface area (Å²) in [6.07, 6.45) is 1.54. The summed E-state index contributed by atoms with van der Waals surface area (Å²) < 4.78 is 5.99. The van der Waals surface area contributed by atoms with Crippen LogP contribution in [0, 0.1) is 5.92 Å². The highest BCUT2D eigenvalue weighted by molar-refractivity contribution is 7.17. The molecule has 0 unspecified atom stereocenters. The van der Waals surface area contributed by atoms with E-state index in [2.05, 4.69) is 5.32 Å². The molecule has 1 aromatic carbocycles. The molecule has 1 fully saturated rings. The van der Waals surface area contributed by atoms with Crippen LogP contribution in [0.15, 0.2) is 42.5 Å². The van der Waals surface area contributed by atoms with Crippen molar-refractivity contribution >= 4 is 28.8 Å². The van der Waals surface area contributed by atoms with Crippen molar-refractivity contribution in [3.63, 3.8) is 0 Å². The van der Waals surface area contributed by atoms with Gasteiger partial charge in [0.2, 0.25) is 0 Å². The molecule has 2 N–H and O–H groups in total. The van der Waals surface area contributed by atoms with E-state index in [4.69, 9.17) is 16.3 Å². The number of nitrogens with one attached hydrogen (secondary N) is 1. The second kappa shape index (κ2) is 7.66. The number of carbonyl (C=O) groups is 1. The Bertz CT molecular complexity index is 685. The zero-order valence-electron chi connectivity index (χ0n) is 13.2. The van der Waals surface area contributed by atoms with Crippen LogP contribution < -0.4 is 5.32 Å². The third-order valence-corrected chi connectivity index (χ3v) is 5.72. The van der Waals surface area contributed by atoms with Gasteiger partial charge in [-0.3, -0.25) is 4.79 Å². The molecule has 1 atom stereocenters. The van der Waals surface area contributed by atoms with Gasteiger partial charge in [0, 0.05) is 13.2 Å². The Kier molecular flexibility index (Phi) is 5.56. The van der Waals surface area contributed by atoms with E-state index in [1.54, 1.807) is 12.1 Å². The first kappa shape index (κ1) is 17.4. The van der Waals surface area contributed by atoms with Crippen LogP contribution in [0.2, 0.25) is 4.34 Å². The van der Waals surface area contributed by atoms with Gasteiger partial charge in [0.15, 0.2) is 0 Å². The predicted octanol–water partition coefficient (Wildman–Crippen LogP) is 3.45. The number of hydrogen-bond donors (Lipinski definition) is 2. The molecule has 6 heteroatoms. The van der Waals surface area contributed by atoms with Gasteiger partial charge in [-0.2, -0.15) is 0 Å². The molecule has 0 spiro atoms. The number of aliphatic hydroxyl groups is 1. The summed E-state index contributed by atoms with van der Waals surface area (Å²) in [4.78, 5) is 12.9. The molecule has 0 saturated carbocycles. The number of hydrogen-bond acceptors (Lipinski definition) is 4. The Hall–Kier alpha value is -1.40. The van der Waals surface area contributed by atoms with Crippen molar-refractivity contribution < 1.29 is 14.6 Å². The smallest absolute Gasteiger partial charge is 0.261 e. The van der Waals surface area contributed by atoms with Gasteiger partial charge >= 0.3 is 0 Å². The van der Waals surface area contributed by atoms with E-state index in [1.165, 1.54) is 11.3 Å². The molecule has 1 aromatic heterocycles. The van der Waals surface area contributed by atoms with Crippen LogP contribution in [-0.4, -0.2) is 30.8 Å². The molecule has 128 valence electrons. The van der Waals surface area contributed by atoms with Crippen LogP contribution in [0.5, 0.6) is 0 Å². The topological polar surface area (TPSA) is 58.6 Å². The summed E-state index contributed by atoms with van der Waals surface area (Å²) in [5.74, 6) is -0.172. The van der Waals surface area contributed by atoms with E-state index in [-0.39, 0.29) is 18.4 Å². The van der Waals surface area contributed by atoms with Gasteiger partial charge in [0.1, 0.15) is 5.60 Å². The lowest BCUT2D eigenvalue weighted by atomic mass is 9.77. The maximum Gasteiger partial charge on any atom is 0.261 e. The summed E-state index contributed by atoms with van der Waals surface area (Å²) in [5.41, 5.74) is -0.289. The number of thiophene rings is 1. The Morgan fingerprint density at radius 2 is 1.96 bits per heavy atom. The number of carbonyl (C=O) groups excluding carboxylic acids is 1. The number of rotatable bonds is 5. The van der Waals surface area contributed by atoms with Crippen molar-refractivity contribution in [3.8, 4) is 0 Å². The molecule has 0 radical (unpaired) electrons. The third kappa shape index (κ3) is 3.81. The lowest BCUT2D eigenvalue weighted by Gasteiger charge is -2.39. The van der Waals surface area contributed by atoms with Crippen molar-refractivity contribution in [2.75, 3.05) is 19.8 Å². The van der Waals surface area contributed by atoms with Crippen LogP contribution in [0.25, 0.3) is 0 Å². The van der Waals surface area contributed by atoms with E-state index in [1.807, 2.05) is 30.3 Å². The van der Waals surface area contributed by atoms with Crippen LogP contribution in [0.1, 0.15) is 28.1 Å². The van der Waals surface area contributed by atoms with Crippen LogP contribution >= 0.6 is 22.9 Å². The van der Waals surface area contributed by atoms with Crippen molar-refractivity contribution in [3.05, 3.63) is 57.2 Å². The lowest BCUT2D eigenvalue weighted by molar-refractivity contribution is -0.0680. The monoisotopic (exact) mass is 365 g/mol. The zero-order chi connectivity index (χ0) is 17.0. The number of benzene rings is 1. The quantitative estimate of drug-likeness (QED) is 0.853. The van der Waals surface area contributed by atoms with E-state index >= 15 is 0 Å². The fraction of sp³-hybridized carbons (Fsp3) is 0.389. The summed E-state index contributed by atoms with van der Waals surface area (Å²) in [6, 6.07) is 12.9. The molecule has 0 bridgehead atoms. The van der Waals surface area contributed by atoms with Crippen molar-refractivity contribution in [1.82, 2.24) is 5.32 Å². The van der Waals surface area contributed by atoms with E-state index in [9.17, 15) is 9.90 Å². The van der Waals surface area contributed by atoms with Crippen molar-refractivity contribution in [2.24, 2.45) is 5.92 Å². The highest BCUT2D eigenvalue weighted by Crippen LogP contribution is 2.36. The van der Waals surface area contributed by atoms with Crippen LogP contribution in [0.4, 0.5) is 0 Å². The molecule has 0 aliphatic carbocycles. The predicted molar refractivity (Wildman–Crippen MR) is 95.5 cm³/mol. The van der Waals surface area contributed by atoms with E-state index in [0.717, 1.165) is 18.4 Å². The highest BCUT2D eigenvalue weighted by atomic mass is 35.5. The minimum Gasteiger partial charge on any atom is -0.383 e. The van der Waals surface area contributed by atoms with Crippen LogP contribution in [0.3, 0.4) is 0 Å². The fourth-order valence-corrected chi connectivity index (χ4v) is 4.08. The van der Waals surface area contributed by atoms with Crippen molar-refractivity contribution in [2.45, 2.75) is 18.4 Å². The normalized spacial score (nSPS) is 18.1. The second-order valence-corrected chi connectivity index (χ2v) is 7.68. The Morgan fingerprint density at radius 3 is 2.58 bits per heavy atom.